The van der Waals surface area contributed by atoms with Crippen molar-refractivity contribution in [3.05, 3.63) is 29.8 Å². The first-order valence-corrected chi connectivity index (χ1v) is 7.68. The van der Waals surface area contributed by atoms with E-state index in [1.165, 1.54) is 12.8 Å². The smallest absolute Gasteiger partial charge is 0.238 e. The van der Waals surface area contributed by atoms with Gasteiger partial charge in [-0.15, -0.1) is 0 Å². The third-order valence-electron chi connectivity index (χ3n) is 4.37. The van der Waals surface area contributed by atoms with Crippen molar-refractivity contribution in [1.82, 2.24) is 15.1 Å². The molecule has 114 valence electrons. The first-order valence-electron chi connectivity index (χ1n) is 7.68. The number of para-hydroxylation sites is 1. The van der Waals surface area contributed by atoms with E-state index < -0.39 is 0 Å². The van der Waals surface area contributed by atoms with Crippen molar-refractivity contribution in [3.63, 3.8) is 0 Å². The maximum Gasteiger partial charge on any atom is 0.238 e. The lowest BCUT2D eigenvalue weighted by molar-refractivity contribution is -0.128. The van der Waals surface area contributed by atoms with Crippen LogP contribution in [0.5, 0.6) is 5.75 Å². The third-order valence-corrected chi connectivity index (χ3v) is 4.37. The molecular formula is C16H23N3O2. The molecule has 1 amide bonds. The van der Waals surface area contributed by atoms with Gasteiger partial charge in [0.05, 0.1) is 13.7 Å². The van der Waals surface area contributed by atoms with Gasteiger partial charge in [0.1, 0.15) is 11.9 Å². The van der Waals surface area contributed by atoms with E-state index in [1.54, 1.807) is 7.11 Å². The van der Waals surface area contributed by atoms with Gasteiger partial charge in [-0.2, -0.15) is 0 Å². The average Bonchev–Trinajstić information content (AvgIpc) is 3.15. The summed E-state index contributed by atoms with van der Waals surface area (Å²) in [5.41, 5.74) is 1.03. The highest BCUT2D eigenvalue weighted by molar-refractivity contribution is 5.81. The predicted molar refractivity (Wildman–Crippen MR) is 81.1 cm³/mol. The highest BCUT2D eigenvalue weighted by atomic mass is 16.5. The SMILES string of the molecule is COc1ccccc1C1NCC(=O)N1CCN1CCCC1. The number of benzene rings is 1. The maximum atomic E-state index is 12.2. The van der Waals surface area contributed by atoms with Crippen LogP contribution in [0.2, 0.25) is 0 Å². The second-order valence-corrected chi connectivity index (χ2v) is 5.66. The zero-order chi connectivity index (χ0) is 14.7. The van der Waals surface area contributed by atoms with Crippen molar-refractivity contribution >= 4 is 5.91 Å². The topological polar surface area (TPSA) is 44.8 Å². The van der Waals surface area contributed by atoms with Gasteiger partial charge < -0.3 is 14.5 Å². The zero-order valence-corrected chi connectivity index (χ0v) is 12.5. The highest BCUT2D eigenvalue weighted by Gasteiger charge is 2.33. The maximum absolute atomic E-state index is 12.2. The summed E-state index contributed by atoms with van der Waals surface area (Å²) in [5.74, 6) is 1.00. The van der Waals surface area contributed by atoms with E-state index in [9.17, 15) is 4.79 Å². The Morgan fingerprint density at radius 3 is 2.76 bits per heavy atom. The van der Waals surface area contributed by atoms with Crippen LogP contribution in [0.15, 0.2) is 24.3 Å². The van der Waals surface area contributed by atoms with Gasteiger partial charge in [-0.05, 0) is 32.0 Å². The van der Waals surface area contributed by atoms with Gasteiger partial charge in [-0.25, -0.2) is 0 Å². The van der Waals surface area contributed by atoms with Crippen LogP contribution in [0.4, 0.5) is 0 Å². The van der Waals surface area contributed by atoms with Crippen LogP contribution in [0.3, 0.4) is 0 Å². The third kappa shape index (κ3) is 3.04. The molecular weight excluding hydrogens is 266 g/mol. The van der Waals surface area contributed by atoms with Crippen LogP contribution < -0.4 is 10.1 Å². The van der Waals surface area contributed by atoms with Crippen molar-refractivity contribution in [1.29, 1.82) is 0 Å². The average molecular weight is 289 g/mol. The molecule has 2 saturated heterocycles. The van der Waals surface area contributed by atoms with Crippen LogP contribution in [0, 0.1) is 0 Å². The molecule has 0 saturated carbocycles. The number of amides is 1. The second-order valence-electron chi connectivity index (χ2n) is 5.66. The minimum atomic E-state index is -0.0729. The standard InChI is InChI=1S/C16H23N3O2/c1-21-14-7-3-2-6-13(14)16-17-12-15(20)19(16)11-10-18-8-4-5-9-18/h2-3,6-7,16-17H,4-5,8-12H2,1H3. The molecule has 0 bridgehead atoms. The summed E-state index contributed by atoms with van der Waals surface area (Å²) in [7, 11) is 1.67. The largest absolute Gasteiger partial charge is 0.496 e. The number of ether oxygens (including phenoxy) is 1. The van der Waals surface area contributed by atoms with Gasteiger partial charge >= 0.3 is 0 Å². The summed E-state index contributed by atoms with van der Waals surface area (Å²) in [6.45, 7) is 4.46. The van der Waals surface area contributed by atoms with E-state index in [4.69, 9.17) is 4.74 Å². The van der Waals surface area contributed by atoms with Crippen LogP contribution in [-0.2, 0) is 4.79 Å². The molecule has 1 aromatic rings. The van der Waals surface area contributed by atoms with Crippen molar-refractivity contribution in [2.75, 3.05) is 39.8 Å². The number of hydrogen-bond donors (Lipinski definition) is 1. The number of nitrogens with zero attached hydrogens (tertiary/aromatic N) is 2. The number of methoxy groups -OCH3 is 1. The lowest BCUT2D eigenvalue weighted by atomic mass is 10.1. The zero-order valence-electron chi connectivity index (χ0n) is 12.5. The van der Waals surface area contributed by atoms with Gasteiger partial charge in [0, 0.05) is 18.7 Å². The minimum absolute atomic E-state index is 0.0729. The van der Waals surface area contributed by atoms with Crippen LogP contribution in [0.25, 0.3) is 0 Å². The van der Waals surface area contributed by atoms with Crippen LogP contribution >= 0.6 is 0 Å². The molecule has 5 nitrogen and oxygen atoms in total. The Labute approximate surface area is 125 Å². The fourth-order valence-electron chi connectivity index (χ4n) is 3.22. The normalized spacial score (nSPS) is 23.0. The molecule has 0 aromatic heterocycles. The Morgan fingerprint density at radius 2 is 2.00 bits per heavy atom. The van der Waals surface area contributed by atoms with E-state index in [1.807, 2.05) is 29.2 Å². The number of nitrogens with one attached hydrogen (secondary N) is 1. The highest BCUT2D eigenvalue weighted by Crippen LogP contribution is 2.29. The number of likely N-dealkylation sites (tertiary alicyclic amines) is 1. The fraction of sp³-hybridized carbons (Fsp3) is 0.562. The van der Waals surface area contributed by atoms with E-state index >= 15 is 0 Å². The molecule has 1 N–H and O–H groups in total. The van der Waals surface area contributed by atoms with Crippen molar-refractivity contribution < 1.29 is 9.53 Å². The van der Waals surface area contributed by atoms with Crippen LogP contribution in [-0.4, -0.2) is 55.5 Å². The van der Waals surface area contributed by atoms with Gasteiger partial charge in [0.15, 0.2) is 0 Å². The molecule has 2 aliphatic heterocycles. The van der Waals surface area contributed by atoms with E-state index in [2.05, 4.69) is 10.2 Å². The van der Waals surface area contributed by atoms with Crippen molar-refractivity contribution in [3.8, 4) is 5.75 Å². The van der Waals surface area contributed by atoms with Gasteiger partial charge in [0.25, 0.3) is 0 Å². The summed E-state index contributed by atoms with van der Waals surface area (Å²) >= 11 is 0. The molecule has 0 aliphatic carbocycles. The molecule has 2 heterocycles. The van der Waals surface area contributed by atoms with Crippen molar-refractivity contribution in [2.45, 2.75) is 19.0 Å². The summed E-state index contributed by atoms with van der Waals surface area (Å²) < 4.78 is 5.43. The first kappa shape index (κ1) is 14.4. The molecule has 2 aliphatic rings. The Kier molecular flexibility index (Phi) is 4.41. The first-order chi connectivity index (χ1) is 10.3. The Hall–Kier alpha value is -1.59. The quantitative estimate of drug-likeness (QED) is 0.885. The molecule has 2 fully saturated rings. The molecule has 5 heteroatoms. The Morgan fingerprint density at radius 1 is 1.24 bits per heavy atom. The Bertz CT molecular complexity index is 500. The predicted octanol–water partition coefficient (Wildman–Crippen LogP) is 1.22. The fourth-order valence-corrected chi connectivity index (χ4v) is 3.22. The number of carbonyl (C=O) groups excluding carboxylic acids is 1. The van der Waals surface area contributed by atoms with Crippen molar-refractivity contribution in [2.24, 2.45) is 0 Å². The molecule has 21 heavy (non-hydrogen) atoms. The lowest BCUT2D eigenvalue weighted by Gasteiger charge is -2.27. The summed E-state index contributed by atoms with van der Waals surface area (Å²) in [5, 5.41) is 3.30. The molecule has 3 rings (SSSR count). The van der Waals surface area contributed by atoms with Gasteiger partial charge in [0.2, 0.25) is 5.91 Å². The summed E-state index contributed by atoms with van der Waals surface area (Å²) in [4.78, 5) is 16.5. The van der Waals surface area contributed by atoms with E-state index in [0.717, 1.165) is 37.5 Å². The van der Waals surface area contributed by atoms with Gasteiger partial charge in [-0.1, -0.05) is 18.2 Å². The van der Waals surface area contributed by atoms with Gasteiger partial charge in [-0.3, -0.25) is 10.1 Å². The molecule has 1 atom stereocenters. The summed E-state index contributed by atoms with van der Waals surface area (Å²) in [6.07, 6.45) is 2.49. The summed E-state index contributed by atoms with van der Waals surface area (Å²) in [6, 6.07) is 7.91. The molecule has 1 unspecified atom stereocenters. The molecule has 0 spiro atoms. The lowest BCUT2D eigenvalue weighted by Crippen LogP contribution is -2.37. The number of carbonyl (C=O) groups is 1. The van der Waals surface area contributed by atoms with E-state index in [0.29, 0.717) is 6.54 Å². The monoisotopic (exact) mass is 289 g/mol. The Balaban J connectivity index is 1.72. The number of rotatable bonds is 5. The van der Waals surface area contributed by atoms with Crippen LogP contribution in [0.1, 0.15) is 24.6 Å². The minimum Gasteiger partial charge on any atom is -0.496 e. The molecule has 1 aromatic carbocycles. The second kappa shape index (κ2) is 6.45. The number of hydrogen-bond acceptors (Lipinski definition) is 4. The molecule has 0 radical (unpaired) electrons. The van der Waals surface area contributed by atoms with E-state index in [-0.39, 0.29) is 12.1 Å².